The average Bonchev–Trinajstić information content (AvgIpc) is 3.22. The Morgan fingerprint density at radius 2 is 1.88 bits per heavy atom. The summed E-state index contributed by atoms with van der Waals surface area (Å²) in [7, 11) is 3.66. The number of pyridine rings is 1. The van der Waals surface area contributed by atoms with E-state index in [1.165, 1.54) is 11.9 Å². The van der Waals surface area contributed by atoms with Crippen LogP contribution in [-0.2, 0) is 14.1 Å². The normalized spacial score (nSPS) is 20.3. The standard InChI is InChI=1S/C28H30Cl2N8O2S/c1-13-8-15(14(2)31-20-6-7-21(30)32-25(20)26(39)35-41-5)23-16(9-13)27(40)37(4)28(33-23)38-10-17-18(11-38)22(17)24-19(29)12-36(3)34-24/h6-9,12,14,17-18,22,31H,10-11H2,1-5H3,(H,35,39). The Bertz CT molecular complexity index is 1740. The lowest BCUT2D eigenvalue weighted by molar-refractivity contribution is 0.0980. The fourth-order valence-electron chi connectivity index (χ4n) is 6.13. The van der Waals surface area contributed by atoms with Crippen LogP contribution in [0.2, 0.25) is 10.2 Å². The minimum absolute atomic E-state index is 0.0970. The summed E-state index contributed by atoms with van der Waals surface area (Å²) in [6, 6.07) is 6.99. The molecule has 6 rings (SSSR count). The summed E-state index contributed by atoms with van der Waals surface area (Å²) < 4.78 is 6.10. The Kier molecular flexibility index (Phi) is 7.15. The highest BCUT2D eigenvalue weighted by atomic mass is 35.5. The predicted octanol–water partition coefficient (Wildman–Crippen LogP) is 4.71. The minimum Gasteiger partial charge on any atom is -0.377 e. The van der Waals surface area contributed by atoms with Crippen LogP contribution in [0.5, 0.6) is 0 Å². The third-order valence-corrected chi connectivity index (χ3v) is 8.93. The molecule has 1 aromatic carbocycles. The molecule has 2 fully saturated rings. The van der Waals surface area contributed by atoms with E-state index in [0.29, 0.717) is 45.3 Å². The second-order valence-corrected chi connectivity index (χ2v) is 12.3. The zero-order chi connectivity index (χ0) is 29.2. The highest BCUT2D eigenvalue weighted by Gasteiger charge is 2.58. The lowest BCUT2D eigenvalue weighted by atomic mass is 10.0. The van der Waals surface area contributed by atoms with Gasteiger partial charge in [0.15, 0.2) is 5.69 Å². The Balaban J connectivity index is 1.33. The highest BCUT2D eigenvalue weighted by molar-refractivity contribution is 7.97. The molecule has 1 aliphatic heterocycles. The van der Waals surface area contributed by atoms with Gasteiger partial charge >= 0.3 is 0 Å². The molecular weight excluding hydrogens is 583 g/mol. The van der Waals surface area contributed by atoms with Crippen molar-refractivity contribution >= 4 is 63.6 Å². The fraction of sp³-hybridized carbons (Fsp3) is 0.393. The third kappa shape index (κ3) is 4.93. The van der Waals surface area contributed by atoms with Crippen molar-refractivity contribution in [3.63, 3.8) is 0 Å². The first kappa shape index (κ1) is 27.9. The molecule has 214 valence electrons. The van der Waals surface area contributed by atoms with E-state index in [0.717, 1.165) is 29.9 Å². The molecule has 2 aliphatic rings. The molecule has 1 amide bonds. The Morgan fingerprint density at radius 1 is 1.15 bits per heavy atom. The molecule has 0 spiro atoms. The van der Waals surface area contributed by atoms with Gasteiger partial charge in [0, 0.05) is 51.1 Å². The van der Waals surface area contributed by atoms with Crippen molar-refractivity contribution in [1.82, 2.24) is 29.0 Å². The van der Waals surface area contributed by atoms with E-state index in [1.54, 1.807) is 34.7 Å². The number of hydrogen-bond donors (Lipinski definition) is 2. The van der Waals surface area contributed by atoms with Crippen LogP contribution in [0.15, 0.2) is 35.3 Å². The molecule has 4 heterocycles. The maximum atomic E-state index is 13.6. The van der Waals surface area contributed by atoms with Gasteiger partial charge in [-0.15, -0.1) is 0 Å². The largest absolute Gasteiger partial charge is 0.377 e. The van der Waals surface area contributed by atoms with Gasteiger partial charge in [0.25, 0.3) is 11.5 Å². The molecule has 1 aliphatic carbocycles. The van der Waals surface area contributed by atoms with Crippen LogP contribution in [0.1, 0.15) is 46.2 Å². The van der Waals surface area contributed by atoms with E-state index in [-0.39, 0.29) is 28.4 Å². The molecule has 41 heavy (non-hydrogen) atoms. The van der Waals surface area contributed by atoms with E-state index in [1.807, 2.05) is 39.2 Å². The minimum atomic E-state index is -0.351. The molecule has 0 bridgehead atoms. The Labute approximate surface area is 251 Å². The summed E-state index contributed by atoms with van der Waals surface area (Å²) in [5.74, 6) is 1.49. The number of aryl methyl sites for hydroxylation is 2. The number of carbonyl (C=O) groups excluding carboxylic acids is 1. The summed E-state index contributed by atoms with van der Waals surface area (Å²) in [5, 5.41) is 9.47. The molecule has 4 aromatic rings. The molecule has 13 heteroatoms. The zero-order valence-corrected chi connectivity index (χ0v) is 25.6. The van der Waals surface area contributed by atoms with Gasteiger partial charge < -0.3 is 10.2 Å². The highest BCUT2D eigenvalue weighted by Crippen LogP contribution is 2.59. The van der Waals surface area contributed by atoms with Gasteiger partial charge in [0.05, 0.1) is 33.3 Å². The lowest BCUT2D eigenvalue weighted by Gasteiger charge is -2.25. The third-order valence-electron chi connectivity index (χ3n) is 8.04. The van der Waals surface area contributed by atoms with Crippen molar-refractivity contribution in [2.45, 2.75) is 25.8 Å². The monoisotopic (exact) mass is 612 g/mol. The van der Waals surface area contributed by atoms with Crippen molar-refractivity contribution in [2.24, 2.45) is 25.9 Å². The summed E-state index contributed by atoms with van der Waals surface area (Å²) >= 11 is 13.7. The fourth-order valence-corrected chi connectivity index (χ4v) is 6.86. The van der Waals surface area contributed by atoms with E-state index >= 15 is 0 Å². The summed E-state index contributed by atoms with van der Waals surface area (Å²) in [4.78, 5) is 37.8. The van der Waals surface area contributed by atoms with Crippen LogP contribution in [0.25, 0.3) is 10.9 Å². The predicted molar refractivity (Wildman–Crippen MR) is 164 cm³/mol. The number of rotatable bonds is 7. The van der Waals surface area contributed by atoms with Gasteiger partial charge in [-0.2, -0.15) is 5.10 Å². The number of anilines is 2. The SMILES string of the molecule is CSNC(=O)c1nc(Cl)ccc1NC(C)c1cc(C)cc2c(=O)n(C)c(N3CC4C(C3)C4c3nn(C)cc3Cl)nc12. The number of fused-ring (bicyclic) bond motifs is 2. The summed E-state index contributed by atoms with van der Waals surface area (Å²) in [5.41, 5.74) is 4.03. The van der Waals surface area contributed by atoms with Crippen molar-refractivity contribution in [3.8, 4) is 0 Å². The number of nitrogens with zero attached hydrogens (tertiary/aromatic N) is 6. The molecule has 1 saturated heterocycles. The van der Waals surface area contributed by atoms with Crippen molar-refractivity contribution in [3.05, 3.63) is 73.5 Å². The molecule has 0 radical (unpaired) electrons. The van der Waals surface area contributed by atoms with Crippen LogP contribution in [0.3, 0.4) is 0 Å². The average molecular weight is 614 g/mol. The number of piperidine rings is 1. The second-order valence-electron chi connectivity index (χ2n) is 10.9. The van der Waals surface area contributed by atoms with Gasteiger partial charge in [-0.1, -0.05) is 41.2 Å². The first-order valence-corrected chi connectivity index (χ1v) is 15.3. The van der Waals surface area contributed by atoms with E-state index in [4.69, 9.17) is 28.2 Å². The van der Waals surface area contributed by atoms with Gasteiger partial charge in [0.1, 0.15) is 5.15 Å². The van der Waals surface area contributed by atoms with Crippen LogP contribution in [0, 0.1) is 18.8 Å². The first-order valence-electron chi connectivity index (χ1n) is 13.3. The van der Waals surface area contributed by atoms with Crippen LogP contribution >= 0.6 is 35.1 Å². The van der Waals surface area contributed by atoms with Crippen molar-refractivity contribution < 1.29 is 4.79 Å². The number of hydrogen-bond acceptors (Lipinski definition) is 8. The van der Waals surface area contributed by atoms with E-state index in [9.17, 15) is 9.59 Å². The summed E-state index contributed by atoms with van der Waals surface area (Å²) in [6.07, 6.45) is 3.60. The molecule has 3 unspecified atom stereocenters. The quantitative estimate of drug-likeness (QED) is 0.228. The molecular formula is C28H30Cl2N8O2S. The molecule has 1 saturated carbocycles. The van der Waals surface area contributed by atoms with Crippen LogP contribution in [-0.4, -0.2) is 49.6 Å². The van der Waals surface area contributed by atoms with Crippen molar-refractivity contribution in [2.75, 3.05) is 29.6 Å². The number of aromatic nitrogens is 5. The Morgan fingerprint density at radius 3 is 2.54 bits per heavy atom. The smallest absolute Gasteiger partial charge is 0.281 e. The number of amides is 1. The lowest BCUT2D eigenvalue weighted by Crippen LogP contribution is -2.32. The number of carbonyl (C=O) groups is 1. The summed E-state index contributed by atoms with van der Waals surface area (Å²) in [6.45, 7) is 5.51. The van der Waals surface area contributed by atoms with Gasteiger partial charge in [-0.25, -0.2) is 9.97 Å². The maximum Gasteiger partial charge on any atom is 0.281 e. The van der Waals surface area contributed by atoms with Gasteiger partial charge in [-0.05, 0) is 49.4 Å². The molecule has 2 N–H and O–H groups in total. The number of nitrogens with one attached hydrogen (secondary N) is 2. The van der Waals surface area contributed by atoms with Crippen LogP contribution < -0.4 is 20.5 Å². The van der Waals surface area contributed by atoms with E-state index < -0.39 is 0 Å². The molecule has 3 atom stereocenters. The van der Waals surface area contributed by atoms with E-state index in [2.05, 4.69) is 25.0 Å². The first-order chi connectivity index (χ1) is 19.6. The zero-order valence-electron chi connectivity index (χ0n) is 23.3. The second kappa shape index (κ2) is 10.5. The molecule has 3 aromatic heterocycles. The maximum absolute atomic E-state index is 13.6. The number of benzene rings is 1. The van der Waals surface area contributed by atoms with Crippen molar-refractivity contribution in [1.29, 1.82) is 0 Å². The van der Waals surface area contributed by atoms with Gasteiger partial charge in [0.2, 0.25) is 5.95 Å². The molecule has 10 nitrogen and oxygen atoms in total. The number of halogens is 2. The topological polar surface area (TPSA) is 110 Å². The Hall–Kier alpha value is -3.28. The van der Waals surface area contributed by atoms with Gasteiger partial charge in [-0.3, -0.25) is 23.6 Å². The van der Waals surface area contributed by atoms with Crippen LogP contribution in [0.4, 0.5) is 11.6 Å².